The van der Waals surface area contributed by atoms with Gasteiger partial charge in [-0.2, -0.15) is 0 Å². The molecule has 0 saturated carbocycles. The first kappa shape index (κ1) is 14.4. The van der Waals surface area contributed by atoms with Gasteiger partial charge in [-0.15, -0.1) is 13.2 Å². The fourth-order valence-corrected chi connectivity index (χ4v) is 1.17. The summed E-state index contributed by atoms with van der Waals surface area (Å²) in [6.45, 7) is 11.3. The second-order valence-corrected chi connectivity index (χ2v) is 3.42. The first-order valence-electron chi connectivity index (χ1n) is 5.06. The van der Waals surface area contributed by atoms with E-state index in [1.54, 1.807) is 26.4 Å². The van der Waals surface area contributed by atoms with Crippen LogP contribution in [0.15, 0.2) is 25.3 Å². The van der Waals surface area contributed by atoms with Crippen LogP contribution >= 0.6 is 0 Å². The van der Waals surface area contributed by atoms with Crippen molar-refractivity contribution in [3.8, 4) is 0 Å². The molecule has 0 saturated heterocycles. The lowest BCUT2D eigenvalue weighted by molar-refractivity contribution is -0.0866. The van der Waals surface area contributed by atoms with Gasteiger partial charge in [0.15, 0.2) is 0 Å². The van der Waals surface area contributed by atoms with E-state index in [4.69, 9.17) is 14.2 Å². The number of ether oxygens (including phenoxy) is 3. The van der Waals surface area contributed by atoms with Crippen molar-refractivity contribution in [1.29, 1.82) is 0 Å². The van der Waals surface area contributed by atoms with Gasteiger partial charge in [0.1, 0.15) is 12.2 Å². The summed E-state index contributed by atoms with van der Waals surface area (Å²) < 4.78 is 16.1. The lowest BCUT2D eigenvalue weighted by Crippen LogP contribution is -2.35. The van der Waals surface area contributed by atoms with Gasteiger partial charge >= 0.3 is 0 Å². The minimum absolute atomic E-state index is 0.0333. The SMILES string of the molecule is C=CC(OC(C=C)C(C)OC)C(C)OC. The molecule has 0 aliphatic rings. The van der Waals surface area contributed by atoms with Crippen LogP contribution in [0.5, 0.6) is 0 Å². The minimum Gasteiger partial charge on any atom is -0.379 e. The highest BCUT2D eigenvalue weighted by molar-refractivity contribution is 4.91. The maximum absolute atomic E-state index is 5.77. The molecule has 0 aliphatic heterocycles. The van der Waals surface area contributed by atoms with Crippen molar-refractivity contribution < 1.29 is 14.2 Å². The topological polar surface area (TPSA) is 27.7 Å². The molecule has 0 amide bonds. The van der Waals surface area contributed by atoms with Crippen LogP contribution in [0.2, 0.25) is 0 Å². The van der Waals surface area contributed by atoms with Crippen molar-refractivity contribution in [1.82, 2.24) is 0 Å². The van der Waals surface area contributed by atoms with Crippen LogP contribution in [-0.4, -0.2) is 38.6 Å². The van der Waals surface area contributed by atoms with Crippen LogP contribution < -0.4 is 0 Å². The van der Waals surface area contributed by atoms with Gasteiger partial charge in [-0.05, 0) is 13.8 Å². The van der Waals surface area contributed by atoms with E-state index in [1.165, 1.54) is 0 Å². The standard InChI is InChI=1S/C12H22O3/c1-7-11(9(3)13-5)15-12(8-2)10(4)14-6/h7-12H,1-2H2,3-6H3. The minimum atomic E-state index is -0.157. The van der Waals surface area contributed by atoms with E-state index in [0.29, 0.717) is 0 Å². The average molecular weight is 214 g/mol. The van der Waals surface area contributed by atoms with Crippen molar-refractivity contribution >= 4 is 0 Å². The molecule has 0 N–H and O–H groups in total. The van der Waals surface area contributed by atoms with Crippen molar-refractivity contribution in [2.45, 2.75) is 38.3 Å². The second kappa shape index (κ2) is 7.63. The van der Waals surface area contributed by atoms with Gasteiger partial charge in [-0.1, -0.05) is 12.2 Å². The van der Waals surface area contributed by atoms with E-state index < -0.39 is 0 Å². The lowest BCUT2D eigenvalue weighted by atomic mass is 10.2. The fourth-order valence-electron chi connectivity index (χ4n) is 1.17. The first-order valence-corrected chi connectivity index (χ1v) is 5.06. The molecule has 0 aromatic carbocycles. The van der Waals surface area contributed by atoms with E-state index in [2.05, 4.69) is 13.2 Å². The maximum atomic E-state index is 5.77. The predicted molar refractivity (Wildman–Crippen MR) is 62.0 cm³/mol. The van der Waals surface area contributed by atoms with Gasteiger partial charge in [-0.3, -0.25) is 0 Å². The van der Waals surface area contributed by atoms with Gasteiger partial charge < -0.3 is 14.2 Å². The number of hydrogen-bond donors (Lipinski definition) is 0. The Morgan fingerprint density at radius 3 is 1.40 bits per heavy atom. The van der Waals surface area contributed by atoms with Gasteiger partial charge in [-0.25, -0.2) is 0 Å². The zero-order valence-electron chi connectivity index (χ0n) is 10.1. The molecule has 0 heterocycles. The molecule has 15 heavy (non-hydrogen) atoms. The molecular weight excluding hydrogens is 192 g/mol. The molecule has 0 aliphatic carbocycles. The molecule has 3 nitrogen and oxygen atoms in total. The van der Waals surface area contributed by atoms with Crippen LogP contribution in [0.1, 0.15) is 13.8 Å². The van der Waals surface area contributed by atoms with Crippen LogP contribution in [0.25, 0.3) is 0 Å². The second-order valence-electron chi connectivity index (χ2n) is 3.42. The Balaban J connectivity index is 4.36. The lowest BCUT2D eigenvalue weighted by Gasteiger charge is -2.27. The molecule has 4 atom stereocenters. The zero-order valence-corrected chi connectivity index (χ0v) is 10.1. The molecular formula is C12H22O3. The van der Waals surface area contributed by atoms with Gasteiger partial charge in [0.05, 0.1) is 12.2 Å². The Kier molecular flexibility index (Phi) is 7.30. The Labute approximate surface area is 92.7 Å². The Bertz CT molecular complexity index is 171. The quantitative estimate of drug-likeness (QED) is 0.580. The predicted octanol–water partition coefficient (Wildman–Crippen LogP) is 2.18. The Morgan fingerprint density at radius 2 is 1.20 bits per heavy atom. The van der Waals surface area contributed by atoms with Crippen molar-refractivity contribution in [2.75, 3.05) is 14.2 Å². The molecule has 0 fully saturated rings. The maximum Gasteiger partial charge on any atom is 0.102 e. The molecule has 88 valence electrons. The van der Waals surface area contributed by atoms with E-state index >= 15 is 0 Å². The Hall–Kier alpha value is -0.640. The highest BCUT2D eigenvalue weighted by Crippen LogP contribution is 2.12. The molecule has 0 radical (unpaired) electrons. The number of rotatable bonds is 8. The van der Waals surface area contributed by atoms with Crippen molar-refractivity contribution in [3.63, 3.8) is 0 Å². The average Bonchev–Trinajstić information content (AvgIpc) is 2.28. The van der Waals surface area contributed by atoms with Crippen LogP contribution in [0, 0.1) is 0 Å². The third-order valence-corrected chi connectivity index (χ3v) is 2.45. The summed E-state index contributed by atoms with van der Waals surface area (Å²) in [6.07, 6.45) is 3.08. The highest BCUT2D eigenvalue weighted by atomic mass is 16.6. The highest BCUT2D eigenvalue weighted by Gasteiger charge is 2.21. The van der Waals surface area contributed by atoms with Crippen molar-refractivity contribution in [2.24, 2.45) is 0 Å². The molecule has 0 aromatic heterocycles. The Morgan fingerprint density at radius 1 is 0.867 bits per heavy atom. The summed E-state index contributed by atoms with van der Waals surface area (Å²) in [5.41, 5.74) is 0. The summed E-state index contributed by atoms with van der Waals surface area (Å²) >= 11 is 0. The smallest absolute Gasteiger partial charge is 0.102 e. The third-order valence-electron chi connectivity index (χ3n) is 2.45. The summed E-state index contributed by atoms with van der Waals surface area (Å²) in [4.78, 5) is 0. The van der Waals surface area contributed by atoms with Crippen molar-refractivity contribution in [3.05, 3.63) is 25.3 Å². The summed E-state index contributed by atoms with van der Waals surface area (Å²) in [5, 5.41) is 0. The largest absolute Gasteiger partial charge is 0.379 e. The van der Waals surface area contributed by atoms with Gasteiger partial charge in [0.25, 0.3) is 0 Å². The molecule has 0 spiro atoms. The monoisotopic (exact) mass is 214 g/mol. The summed E-state index contributed by atoms with van der Waals surface area (Å²) in [5.74, 6) is 0. The number of hydrogen-bond acceptors (Lipinski definition) is 3. The first-order chi connectivity index (χ1) is 7.10. The number of methoxy groups -OCH3 is 2. The zero-order chi connectivity index (χ0) is 11.8. The van der Waals surface area contributed by atoms with E-state index in [-0.39, 0.29) is 24.4 Å². The van der Waals surface area contributed by atoms with E-state index in [1.807, 2.05) is 13.8 Å². The van der Waals surface area contributed by atoms with Crippen LogP contribution in [0.4, 0.5) is 0 Å². The third kappa shape index (κ3) is 4.60. The summed E-state index contributed by atoms with van der Waals surface area (Å²) in [6, 6.07) is 0. The molecule has 3 heteroatoms. The summed E-state index contributed by atoms with van der Waals surface area (Å²) in [7, 11) is 3.29. The normalized spacial score (nSPS) is 18.9. The van der Waals surface area contributed by atoms with E-state index in [0.717, 1.165) is 0 Å². The van der Waals surface area contributed by atoms with Crippen LogP contribution in [0.3, 0.4) is 0 Å². The molecule has 0 rings (SSSR count). The van der Waals surface area contributed by atoms with Crippen LogP contribution in [-0.2, 0) is 14.2 Å². The fraction of sp³-hybridized carbons (Fsp3) is 0.667. The molecule has 0 aromatic rings. The molecule has 0 bridgehead atoms. The van der Waals surface area contributed by atoms with Gasteiger partial charge in [0.2, 0.25) is 0 Å². The van der Waals surface area contributed by atoms with Gasteiger partial charge in [0, 0.05) is 14.2 Å². The van der Waals surface area contributed by atoms with E-state index in [9.17, 15) is 0 Å². The molecule has 4 unspecified atom stereocenters.